The number of hydrogen-bond donors (Lipinski definition) is 0. The van der Waals surface area contributed by atoms with Crippen molar-refractivity contribution in [3.05, 3.63) is 0 Å². The van der Waals surface area contributed by atoms with Gasteiger partial charge in [0.2, 0.25) is 0 Å². The summed E-state index contributed by atoms with van der Waals surface area (Å²) in [5, 5.41) is 0. The fourth-order valence-corrected chi connectivity index (χ4v) is 2.19. The van der Waals surface area contributed by atoms with Gasteiger partial charge in [0, 0.05) is 18.9 Å². The van der Waals surface area contributed by atoms with Crippen molar-refractivity contribution in [2.24, 2.45) is 0 Å². The number of rotatable bonds is 10. The van der Waals surface area contributed by atoms with Gasteiger partial charge in [-0.25, -0.2) is 0 Å². The molecule has 96 valence electrons. The zero-order valence-electron chi connectivity index (χ0n) is 10.3. The molecule has 0 saturated carbocycles. The summed E-state index contributed by atoms with van der Waals surface area (Å²) in [5.41, 5.74) is 0. The summed E-state index contributed by atoms with van der Waals surface area (Å²) in [7, 11) is -1.67. The summed E-state index contributed by atoms with van der Waals surface area (Å²) in [4.78, 5) is 11.1. The molecule has 0 aliphatic carbocycles. The predicted octanol–water partition coefficient (Wildman–Crippen LogP) is 2.32. The highest BCUT2D eigenvalue weighted by Gasteiger charge is 2.06. The van der Waals surface area contributed by atoms with Crippen LogP contribution < -0.4 is 0 Å². The number of esters is 1. The molecule has 0 aliphatic heterocycles. The van der Waals surface area contributed by atoms with Gasteiger partial charge in [-0.1, -0.05) is 13.8 Å². The van der Waals surface area contributed by atoms with E-state index >= 15 is 0 Å². The van der Waals surface area contributed by atoms with Gasteiger partial charge in [0.1, 0.15) is 0 Å². The van der Waals surface area contributed by atoms with Gasteiger partial charge in [0.05, 0.1) is 27.4 Å². The van der Waals surface area contributed by atoms with Gasteiger partial charge in [0.15, 0.2) is 0 Å². The maximum absolute atomic E-state index is 11.5. The summed E-state index contributed by atoms with van der Waals surface area (Å²) in [5.74, 6) is -0.241. The summed E-state index contributed by atoms with van der Waals surface area (Å²) < 4.78 is 21.6. The van der Waals surface area contributed by atoms with Gasteiger partial charge in [0.25, 0.3) is 0 Å². The lowest BCUT2D eigenvalue weighted by atomic mass is 10.5. The number of carbonyl (C=O) groups is 1. The molecule has 0 aromatic heterocycles. The molecule has 1 unspecified atom stereocenters. The first-order valence-electron chi connectivity index (χ1n) is 5.95. The lowest BCUT2D eigenvalue weighted by Gasteiger charge is -2.04. The first-order chi connectivity index (χ1) is 7.70. The molecule has 0 N–H and O–H groups in total. The van der Waals surface area contributed by atoms with E-state index in [4.69, 9.17) is 9.47 Å². The minimum Gasteiger partial charge on any atom is -0.466 e. The van der Waals surface area contributed by atoms with E-state index in [2.05, 4.69) is 0 Å². The largest absolute Gasteiger partial charge is 0.466 e. The average Bonchev–Trinajstić information content (AvgIpc) is 2.29. The van der Waals surface area contributed by atoms with Crippen molar-refractivity contribution in [1.29, 1.82) is 0 Å². The Kier molecular flexibility index (Phi) is 10.9. The molecule has 5 heteroatoms. The molecule has 0 aliphatic rings. The Morgan fingerprint density at radius 1 is 1.06 bits per heavy atom. The molecular weight excluding hydrogens is 227 g/mol. The Balaban J connectivity index is 3.38. The van der Waals surface area contributed by atoms with E-state index in [-0.39, 0.29) is 12.4 Å². The Hall–Kier alpha value is -0.340. The van der Waals surface area contributed by atoms with Gasteiger partial charge in [-0.15, -0.1) is 0 Å². The lowest BCUT2D eigenvalue weighted by Crippen LogP contribution is -2.07. The Morgan fingerprint density at radius 3 is 2.38 bits per heavy atom. The molecule has 0 radical (unpaired) electrons. The van der Waals surface area contributed by atoms with E-state index in [0.29, 0.717) is 32.1 Å². The number of carbonyl (C=O) groups excluding carboxylic acids is 1. The quantitative estimate of drug-likeness (QED) is 0.339. The van der Waals surface area contributed by atoms with Crippen molar-refractivity contribution in [2.75, 3.05) is 32.1 Å². The summed E-state index contributed by atoms with van der Waals surface area (Å²) in [6.45, 7) is 5.69. The molecule has 0 fully saturated rings. The van der Waals surface area contributed by atoms with Crippen molar-refractivity contribution in [1.82, 2.24) is 0 Å². The number of hydrogen-bond acceptors (Lipinski definition) is 4. The summed E-state index contributed by atoms with van der Waals surface area (Å²) in [6, 6.07) is 0. The smallest absolute Gasteiger partial charge is 0.306 e. The molecular formula is C11H23O4P. The van der Waals surface area contributed by atoms with Crippen molar-refractivity contribution in [3.63, 3.8) is 0 Å². The van der Waals surface area contributed by atoms with Crippen molar-refractivity contribution >= 4 is 13.8 Å². The van der Waals surface area contributed by atoms with Crippen LogP contribution in [0.1, 0.15) is 33.1 Å². The van der Waals surface area contributed by atoms with Crippen LogP contribution in [0.4, 0.5) is 0 Å². The zero-order chi connectivity index (χ0) is 12.2. The molecule has 0 heterocycles. The molecule has 0 amide bonds. The van der Waals surface area contributed by atoms with Crippen LogP contribution in [0.15, 0.2) is 0 Å². The number of ether oxygens (including phenoxy) is 2. The van der Waals surface area contributed by atoms with E-state index in [1.165, 1.54) is 0 Å². The Morgan fingerprint density at radius 2 is 1.75 bits per heavy atom. The standard InChI is InChI=1S/C11H23O4P/c1-3-6-14-8-10-16(13)9-5-11(12)15-7-4-2/h16H,3-10H2,1-2H3. The molecule has 1 atom stereocenters. The third kappa shape index (κ3) is 10.2. The van der Waals surface area contributed by atoms with Gasteiger partial charge >= 0.3 is 5.97 Å². The zero-order valence-corrected chi connectivity index (χ0v) is 11.3. The first-order valence-corrected chi connectivity index (χ1v) is 7.78. The third-order valence-corrected chi connectivity index (χ3v) is 3.52. The van der Waals surface area contributed by atoms with Crippen LogP contribution in [0.5, 0.6) is 0 Å². The van der Waals surface area contributed by atoms with Crippen LogP contribution in [0.2, 0.25) is 0 Å². The molecule has 0 aromatic rings. The summed E-state index contributed by atoms with van der Waals surface area (Å²) in [6.07, 6.45) is 3.09. The third-order valence-electron chi connectivity index (χ3n) is 1.95. The van der Waals surface area contributed by atoms with Crippen LogP contribution in [-0.4, -0.2) is 38.1 Å². The molecule has 16 heavy (non-hydrogen) atoms. The van der Waals surface area contributed by atoms with Crippen LogP contribution >= 0.6 is 7.80 Å². The SMILES string of the molecule is CCCOCC[PH](=O)CCC(=O)OCCC. The van der Waals surface area contributed by atoms with Crippen LogP contribution in [0, 0.1) is 0 Å². The maximum Gasteiger partial charge on any atom is 0.306 e. The van der Waals surface area contributed by atoms with E-state index < -0.39 is 7.80 Å². The van der Waals surface area contributed by atoms with E-state index in [9.17, 15) is 9.36 Å². The van der Waals surface area contributed by atoms with Gasteiger partial charge in [-0.05, 0) is 12.8 Å². The van der Waals surface area contributed by atoms with Crippen LogP contribution in [0.3, 0.4) is 0 Å². The average molecular weight is 250 g/mol. The second-order valence-electron chi connectivity index (χ2n) is 3.62. The van der Waals surface area contributed by atoms with Crippen molar-refractivity contribution < 1.29 is 18.8 Å². The van der Waals surface area contributed by atoms with E-state index in [1.54, 1.807) is 0 Å². The lowest BCUT2D eigenvalue weighted by molar-refractivity contribution is -0.143. The predicted molar refractivity (Wildman–Crippen MR) is 65.7 cm³/mol. The Bertz CT molecular complexity index is 206. The maximum atomic E-state index is 11.5. The topological polar surface area (TPSA) is 52.6 Å². The van der Waals surface area contributed by atoms with Crippen LogP contribution in [-0.2, 0) is 18.8 Å². The van der Waals surface area contributed by atoms with Gasteiger partial charge in [-0.3, -0.25) is 4.79 Å². The summed E-state index contributed by atoms with van der Waals surface area (Å²) >= 11 is 0. The van der Waals surface area contributed by atoms with E-state index in [1.807, 2.05) is 13.8 Å². The highest BCUT2D eigenvalue weighted by molar-refractivity contribution is 7.44. The van der Waals surface area contributed by atoms with E-state index in [0.717, 1.165) is 12.8 Å². The molecule has 0 spiro atoms. The fraction of sp³-hybridized carbons (Fsp3) is 0.909. The van der Waals surface area contributed by atoms with Gasteiger partial charge < -0.3 is 14.0 Å². The highest BCUT2D eigenvalue weighted by Crippen LogP contribution is 2.20. The molecule has 0 bridgehead atoms. The molecule has 0 aromatic carbocycles. The first kappa shape index (κ1) is 15.7. The normalized spacial score (nSPS) is 12.4. The second kappa shape index (κ2) is 11.2. The minimum absolute atomic E-state index is 0.241. The highest BCUT2D eigenvalue weighted by atomic mass is 31.1. The fourth-order valence-electron chi connectivity index (χ4n) is 1.09. The molecule has 0 saturated heterocycles. The monoisotopic (exact) mass is 250 g/mol. The van der Waals surface area contributed by atoms with Gasteiger partial charge in [-0.2, -0.15) is 0 Å². The Labute approximate surface area is 98.5 Å². The van der Waals surface area contributed by atoms with Crippen molar-refractivity contribution in [3.8, 4) is 0 Å². The molecule has 4 nitrogen and oxygen atoms in total. The van der Waals surface area contributed by atoms with Crippen molar-refractivity contribution in [2.45, 2.75) is 33.1 Å². The van der Waals surface area contributed by atoms with Crippen LogP contribution in [0.25, 0.3) is 0 Å². The molecule has 0 rings (SSSR count). The minimum atomic E-state index is -1.67. The second-order valence-corrected chi connectivity index (χ2v) is 5.70.